The van der Waals surface area contributed by atoms with Crippen LogP contribution in [0.5, 0.6) is 0 Å². The molecule has 1 aromatic carbocycles. The van der Waals surface area contributed by atoms with Gasteiger partial charge >= 0.3 is 5.97 Å². The summed E-state index contributed by atoms with van der Waals surface area (Å²) in [5.74, 6) is 1.42. The molecule has 1 atom stereocenters. The summed E-state index contributed by atoms with van der Waals surface area (Å²) in [6, 6.07) is 7.65. The lowest BCUT2D eigenvalue weighted by molar-refractivity contribution is -0.144. The van der Waals surface area contributed by atoms with Crippen molar-refractivity contribution in [1.82, 2.24) is 9.97 Å². The predicted molar refractivity (Wildman–Crippen MR) is 108 cm³/mol. The minimum Gasteiger partial charge on any atom is -0.469 e. The van der Waals surface area contributed by atoms with Crippen LogP contribution in [0, 0.1) is 0 Å². The molecule has 1 fully saturated rings. The van der Waals surface area contributed by atoms with Gasteiger partial charge in [0.15, 0.2) is 5.82 Å². The van der Waals surface area contributed by atoms with Crippen molar-refractivity contribution in [2.45, 2.75) is 38.2 Å². The van der Waals surface area contributed by atoms with Gasteiger partial charge in [0.2, 0.25) is 0 Å². The molecule has 6 nitrogen and oxygen atoms in total. The van der Waals surface area contributed by atoms with Crippen molar-refractivity contribution in [3.63, 3.8) is 0 Å². The number of rotatable bonds is 4. The second-order valence-corrected chi connectivity index (χ2v) is 7.67. The zero-order valence-corrected chi connectivity index (χ0v) is 16.7. The zero-order chi connectivity index (χ0) is 19.5. The molecular formula is C21H24ClN3O3. The summed E-state index contributed by atoms with van der Waals surface area (Å²) in [4.78, 5) is 23.7. The Labute approximate surface area is 169 Å². The van der Waals surface area contributed by atoms with E-state index in [1.54, 1.807) is 0 Å². The van der Waals surface area contributed by atoms with E-state index >= 15 is 0 Å². The molecule has 0 spiro atoms. The third kappa shape index (κ3) is 4.13. The molecule has 1 saturated heterocycles. The molecule has 1 unspecified atom stereocenters. The normalized spacial score (nSPS) is 19.2. The quantitative estimate of drug-likeness (QED) is 0.731. The highest BCUT2D eigenvalue weighted by Gasteiger charge is 2.28. The van der Waals surface area contributed by atoms with Gasteiger partial charge in [0.05, 0.1) is 26.2 Å². The molecule has 1 aromatic heterocycles. The molecule has 0 saturated carbocycles. The van der Waals surface area contributed by atoms with Crippen molar-refractivity contribution in [2.24, 2.45) is 0 Å². The van der Waals surface area contributed by atoms with E-state index < -0.39 is 0 Å². The molecule has 1 aliphatic heterocycles. The minimum absolute atomic E-state index is 0.190. The number of anilines is 1. The number of carbonyl (C=O) groups excluding carboxylic acids is 1. The van der Waals surface area contributed by atoms with Crippen molar-refractivity contribution in [1.29, 1.82) is 0 Å². The van der Waals surface area contributed by atoms with E-state index in [-0.39, 0.29) is 18.5 Å². The molecule has 0 bridgehead atoms. The summed E-state index contributed by atoms with van der Waals surface area (Å²) in [7, 11) is 1.40. The first-order chi connectivity index (χ1) is 13.6. The van der Waals surface area contributed by atoms with E-state index in [9.17, 15) is 4.79 Å². The van der Waals surface area contributed by atoms with E-state index in [0.717, 1.165) is 49.3 Å². The van der Waals surface area contributed by atoms with Crippen LogP contribution in [0.1, 0.15) is 30.5 Å². The number of carbonyl (C=O) groups is 1. The van der Waals surface area contributed by atoms with Crippen molar-refractivity contribution >= 4 is 23.4 Å². The Balaban J connectivity index is 1.69. The van der Waals surface area contributed by atoms with Gasteiger partial charge in [0, 0.05) is 34.9 Å². The highest BCUT2D eigenvalue weighted by molar-refractivity contribution is 6.30. The largest absolute Gasteiger partial charge is 0.469 e. The second kappa shape index (κ2) is 8.45. The first kappa shape index (κ1) is 19.2. The molecule has 0 N–H and O–H groups in total. The van der Waals surface area contributed by atoms with Gasteiger partial charge in [-0.05, 0) is 37.8 Å². The molecule has 7 heteroatoms. The number of morpholine rings is 1. The summed E-state index contributed by atoms with van der Waals surface area (Å²) in [6.45, 7) is 1.93. The number of ether oxygens (including phenoxy) is 2. The molecule has 2 aromatic rings. The maximum absolute atomic E-state index is 11.7. The third-order valence-electron chi connectivity index (χ3n) is 5.30. The fourth-order valence-electron chi connectivity index (χ4n) is 3.90. The van der Waals surface area contributed by atoms with Gasteiger partial charge in [-0.3, -0.25) is 4.79 Å². The topological polar surface area (TPSA) is 64.5 Å². The Morgan fingerprint density at radius 2 is 2.18 bits per heavy atom. The Hall–Kier alpha value is -2.18. The van der Waals surface area contributed by atoms with E-state index in [2.05, 4.69) is 4.90 Å². The van der Waals surface area contributed by atoms with E-state index in [1.165, 1.54) is 12.7 Å². The Bertz CT molecular complexity index is 874. The number of halogens is 1. The first-order valence-corrected chi connectivity index (χ1v) is 10.1. The van der Waals surface area contributed by atoms with Gasteiger partial charge in [-0.1, -0.05) is 23.7 Å². The number of hydrogen-bond acceptors (Lipinski definition) is 6. The number of hydrogen-bond donors (Lipinski definition) is 0. The fraction of sp³-hybridized carbons (Fsp3) is 0.476. The Morgan fingerprint density at radius 3 is 3.00 bits per heavy atom. The number of aryl methyl sites for hydroxylation is 1. The second-order valence-electron chi connectivity index (χ2n) is 7.23. The van der Waals surface area contributed by atoms with E-state index in [4.69, 9.17) is 31.0 Å². The number of benzene rings is 1. The van der Waals surface area contributed by atoms with Gasteiger partial charge in [0.25, 0.3) is 0 Å². The van der Waals surface area contributed by atoms with Gasteiger partial charge in [-0.15, -0.1) is 0 Å². The van der Waals surface area contributed by atoms with Crippen LogP contribution in [0.4, 0.5) is 5.82 Å². The number of fused-ring (bicyclic) bond motifs is 1. The van der Waals surface area contributed by atoms with Crippen molar-refractivity contribution in [2.75, 3.05) is 31.7 Å². The maximum atomic E-state index is 11.7. The smallest absolute Gasteiger partial charge is 0.308 e. The van der Waals surface area contributed by atoms with Gasteiger partial charge < -0.3 is 14.4 Å². The van der Waals surface area contributed by atoms with Crippen molar-refractivity contribution in [3.05, 3.63) is 40.5 Å². The summed E-state index contributed by atoms with van der Waals surface area (Å²) in [5.41, 5.74) is 3.28. The lowest BCUT2D eigenvalue weighted by Crippen LogP contribution is -2.44. The summed E-state index contributed by atoms with van der Waals surface area (Å²) in [6.07, 6.45) is 4.31. The standard InChI is InChI=1S/C21H24ClN3O3/c1-27-19(26)12-16-13-25(9-10-28-16)21-17-7-2-3-8-18(17)23-20(24-21)14-5-4-6-15(22)11-14/h4-6,11,16H,2-3,7-10,12-13H2,1H3. The SMILES string of the molecule is COC(=O)CC1CN(c2nc(-c3cccc(Cl)c3)nc3c2CCCC3)CCO1. The summed E-state index contributed by atoms with van der Waals surface area (Å²) < 4.78 is 10.6. The van der Waals surface area contributed by atoms with Gasteiger partial charge in [-0.25, -0.2) is 9.97 Å². The average molecular weight is 402 g/mol. The van der Waals surface area contributed by atoms with Crippen LogP contribution in [0.3, 0.4) is 0 Å². The van der Waals surface area contributed by atoms with Crippen LogP contribution in [-0.4, -0.2) is 48.8 Å². The van der Waals surface area contributed by atoms with Crippen LogP contribution in [0.25, 0.3) is 11.4 Å². The van der Waals surface area contributed by atoms with Crippen LogP contribution in [0.15, 0.2) is 24.3 Å². The Morgan fingerprint density at radius 1 is 1.32 bits per heavy atom. The van der Waals surface area contributed by atoms with E-state index in [0.29, 0.717) is 24.0 Å². The molecular weight excluding hydrogens is 378 g/mol. The Kier molecular flexibility index (Phi) is 5.78. The highest BCUT2D eigenvalue weighted by Crippen LogP contribution is 2.32. The predicted octanol–water partition coefficient (Wildman–Crippen LogP) is 3.44. The van der Waals surface area contributed by atoms with E-state index in [1.807, 2.05) is 24.3 Å². The number of esters is 1. The highest BCUT2D eigenvalue weighted by atomic mass is 35.5. The molecule has 2 heterocycles. The first-order valence-electron chi connectivity index (χ1n) is 9.73. The van der Waals surface area contributed by atoms with Crippen LogP contribution < -0.4 is 4.90 Å². The molecule has 0 amide bonds. The van der Waals surface area contributed by atoms with Crippen molar-refractivity contribution < 1.29 is 14.3 Å². The number of nitrogens with zero attached hydrogens (tertiary/aromatic N) is 3. The van der Waals surface area contributed by atoms with Gasteiger partial charge in [0.1, 0.15) is 5.82 Å². The van der Waals surface area contributed by atoms with Gasteiger partial charge in [-0.2, -0.15) is 0 Å². The minimum atomic E-state index is -0.254. The van der Waals surface area contributed by atoms with Crippen LogP contribution in [0.2, 0.25) is 5.02 Å². The molecule has 28 heavy (non-hydrogen) atoms. The summed E-state index contributed by atoms with van der Waals surface area (Å²) in [5, 5.41) is 0.671. The molecule has 2 aliphatic rings. The molecule has 1 aliphatic carbocycles. The number of aromatic nitrogens is 2. The maximum Gasteiger partial charge on any atom is 0.308 e. The van der Waals surface area contributed by atoms with Crippen LogP contribution in [-0.2, 0) is 27.1 Å². The zero-order valence-electron chi connectivity index (χ0n) is 16.0. The lowest BCUT2D eigenvalue weighted by Gasteiger charge is -2.35. The monoisotopic (exact) mass is 401 g/mol. The average Bonchev–Trinajstić information content (AvgIpc) is 2.73. The lowest BCUT2D eigenvalue weighted by atomic mass is 9.95. The molecule has 148 valence electrons. The summed E-state index contributed by atoms with van der Waals surface area (Å²) >= 11 is 6.18. The van der Waals surface area contributed by atoms with Crippen LogP contribution >= 0.6 is 11.6 Å². The fourth-order valence-corrected chi connectivity index (χ4v) is 4.09. The molecule has 4 rings (SSSR count). The molecule has 0 radical (unpaired) electrons. The third-order valence-corrected chi connectivity index (χ3v) is 5.54. The van der Waals surface area contributed by atoms with Crippen molar-refractivity contribution in [3.8, 4) is 11.4 Å². The number of methoxy groups -OCH3 is 1.